The molecule has 0 aliphatic heterocycles. The fraction of sp³-hybridized carbons (Fsp3) is 0.467. The van der Waals surface area contributed by atoms with Gasteiger partial charge in [-0.15, -0.1) is 0 Å². The number of aromatic hydroxyl groups is 1. The highest BCUT2D eigenvalue weighted by molar-refractivity contribution is 6.01. The van der Waals surface area contributed by atoms with Crippen LogP contribution in [0.5, 0.6) is 5.75 Å². The van der Waals surface area contributed by atoms with Gasteiger partial charge in [-0.2, -0.15) is 0 Å². The highest BCUT2D eigenvalue weighted by atomic mass is 16.3. The van der Waals surface area contributed by atoms with Crippen molar-refractivity contribution in [3.05, 3.63) is 23.8 Å². The molecular formula is C15H23N3O3. The summed E-state index contributed by atoms with van der Waals surface area (Å²) >= 11 is 0. The summed E-state index contributed by atoms with van der Waals surface area (Å²) in [5.74, 6) is -0.575. The Kier molecular flexibility index (Phi) is 6.52. The molecular weight excluding hydrogens is 270 g/mol. The molecule has 0 atom stereocenters. The van der Waals surface area contributed by atoms with Crippen molar-refractivity contribution in [3.8, 4) is 5.75 Å². The minimum absolute atomic E-state index is 0.0121. The van der Waals surface area contributed by atoms with E-state index in [1.54, 1.807) is 0 Å². The van der Waals surface area contributed by atoms with Gasteiger partial charge in [-0.25, -0.2) is 0 Å². The average molecular weight is 293 g/mol. The lowest BCUT2D eigenvalue weighted by Crippen LogP contribution is -2.41. The number of carbonyl (C=O) groups is 2. The Balaban J connectivity index is 2.86. The number of carbonyl (C=O) groups excluding carboxylic acids is 2. The maximum absolute atomic E-state index is 12.5. The number of benzene rings is 1. The first-order valence-corrected chi connectivity index (χ1v) is 7.14. The molecule has 0 spiro atoms. The van der Waals surface area contributed by atoms with Crippen LogP contribution in [0.4, 0.5) is 5.69 Å². The van der Waals surface area contributed by atoms with E-state index in [0.717, 1.165) is 12.8 Å². The summed E-state index contributed by atoms with van der Waals surface area (Å²) < 4.78 is 0. The van der Waals surface area contributed by atoms with Crippen LogP contribution in [-0.2, 0) is 4.79 Å². The van der Waals surface area contributed by atoms with Gasteiger partial charge >= 0.3 is 0 Å². The third kappa shape index (κ3) is 4.98. The topological polar surface area (TPSA) is 95.7 Å². The van der Waals surface area contributed by atoms with Gasteiger partial charge in [0, 0.05) is 18.8 Å². The summed E-state index contributed by atoms with van der Waals surface area (Å²) in [7, 11) is 0. The number of hydrogen-bond donors (Lipinski definition) is 3. The molecule has 4 N–H and O–H groups in total. The van der Waals surface area contributed by atoms with E-state index >= 15 is 0 Å². The van der Waals surface area contributed by atoms with E-state index in [9.17, 15) is 14.7 Å². The summed E-state index contributed by atoms with van der Waals surface area (Å²) in [5, 5.41) is 12.2. The number of phenols is 1. The monoisotopic (exact) mass is 293 g/mol. The molecule has 0 radical (unpaired) electrons. The van der Waals surface area contributed by atoms with Crippen molar-refractivity contribution in [2.75, 3.05) is 25.4 Å². The van der Waals surface area contributed by atoms with Crippen molar-refractivity contribution >= 4 is 17.5 Å². The molecule has 2 amide bonds. The average Bonchev–Trinajstić information content (AvgIpc) is 2.46. The molecule has 1 aromatic carbocycles. The van der Waals surface area contributed by atoms with Crippen LogP contribution in [-0.4, -0.2) is 41.5 Å². The number of hydrogen-bond acceptors (Lipinski definition) is 4. The molecule has 0 bridgehead atoms. The lowest BCUT2D eigenvalue weighted by atomic mass is 10.1. The number of amides is 2. The second-order valence-electron chi connectivity index (χ2n) is 4.85. The van der Waals surface area contributed by atoms with Gasteiger partial charge in [0.1, 0.15) is 5.75 Å². The third-order valence-corrected chi connectivity index (χ3v) is 2.95. The van der Waals surface area contributed by atoms with E-state index in [-0.39, 0.29) is 35.4 Å². The Bertz CT molecular complexity index is 503. The smallest absolute Gasteiger partial charge is 0.256 e. The normalized spacial score (nSPS) is 10.2. The summed E-state index contributed by atoms with van der Waals surface area (Å²) in [6, 6.07) is 4.22. The second kappa shape index (κ2) is 8.14. The van der Waals surface area contributed by atoms with Crippen molar-refractivity contribution in [2.45, 2.75) is 26.7 Å². The summed E-state index contributed by atoms with van der Waals surface area (Å²) in [6.45, 7) is 4.91. The molecule has 0 saturated heterocycles. The van der Waals surface area contributed by atoms with E-state index in [1.807, 2.05) is 13.8 Å². The number of rotatable bonds is 7. The van der Waals surface area contributed by atoms with Crippen molar-refractivity contribution < 1.29 is 14.7 Å². The Morgan fingerprint density at radius 3 is 2.62 bits per heavy atom. The van der Waals surface area contributed by atoms with E-state index < -0.39 is 0 Å². The molecule has 0 saturated carbocycles. The maximum Gasteiger partial charge on any atom is 0.256 e. The van der Waals surface area contributed by atoms with E-state index in [1.165, 1.54) is 23.1 Å². The standard InChI is InChI=1S/C15H23N3O3/c1-3-7-17-14(20)10-18(8-4-2)15(21)12-9-11(19)5-6-13(12)16/h5-6,9,19H,3-4,7-8,10,16H2,1-2H3,(H,17,20). The zero-order chi connectivity index (χ0) is 15.8. The molecule has 0 fully saturated rings. The van der Waals surface area contributed by atoms with Crippen LogP contribution in [0.1, 0.15) is 37.0 Å². The molecule has 1 aromatic rings. The fourth-order valence-corrected chi connectivity index (χ4v) is 1.92. The van der Waals surface area contributed by atoms with Crippen LogP contribution in [0.2, 0.25) is 0 Å². The quantitative estimate of drug-likeness (QED) is 0.522. The number of nitrogens with one attached hydrogen (secondary N) is 1. The fourth-order valence-electron chi connectivity index (χ4n) is 1.92. The van der Waals surface area contributed by atoms with Crippen LogP contribution in [0.15, 0.2) is 18.2 Å². The first-order valence-electron chi connectivity index (χ1n) is 7.14. The lowest BCUT2D eigenvalue weighted by Gasteiger charge is -2.22. The van der Waals surface area contributed by atoms with Crippen molar-refractivity contribution in [1.82, 2.24) is 10.2 Å². The largest absolute Gasteiger partial charge is 0.508 e. The van der Waals surface area contributed by atoms with Gasteiger partial charge < -0.3 is 21.1 Å². The summed E-state index contributed by atoms with van der Waals surface area (Å²) in [6.07, 6.45) is 1.57. The molecule has 0 heterocycles. The van der Waals surface area contributed by atoms with E-state index in [2.05, 4.69) is 5.32 Å². The molecule has 0 aromatic heterocycles. The van der Waals surface area contributed by atoms with Crippen LogP contribution < -0.4 is 11.1 Å². The van der Waals surface area contributed by atoms with Crippen molar-refractivity contribution in [3.63, 3.8) is 0 Å². The summed E-state index contributed by atoms with van der Waals surface area (Å²) in [4.78, 5) is 25.7. The zero-order valence-electron chi connectivity index (χ0n) is 12.6. The molecule has 0 aliphatic rings. The minimum atomic E-state index is -0.350. The van der Waals surface area contributed by atoms with Crippen molar-refractivity contribution in [2.24, 2.45) is 0 Å². The second-order valence-corrected chi connectivity index (χ2v) is 4.85. The molecule has 6 nitrogen and oxygen atoms in total. The predicted molar refractivity (Wildman–Crippen MR) is 82.0 cm³/mol. The number of anilines is 1. The molecule has 0 unspecified atom stereocenters. The summed E-state index contributed by atoms with van der Waals surface area (Å²) in [5.41, 5.74) is 6.28. The van der Waals surface area contributed by atoms with Gasteiger partial charge in [0.05, 0.1) is 12.1 Å². The third-order valence-electron chi connectivity index (χ3n) is 2.95. The molecule has 6 heteroatoms. The SMILES string of the molecule is CCCNC(=O)CN(CCC)C(=O)c1cc(O)ccc1N. The minimum Gasteiger partial charge on any atom is -0.508 e. The Morgan fingerprint density at radius 2 is 2.00 bits per heavy atom. The van der Waals surface area contributed by atoms with Crippen LogP contribution in [0, 0.1) is 0 Å². The van der Waals surface area contributed by atoms with Gasteiger partial charge in [-0.1, -0.05) is 13.8 Å². The van der Waals surface area contributed by atoms with Crippen molar-refractivity contribution in [1.29, 1.82) is 0 Å². The van der Waals surface area contributed by atoms with Gasteiger partial charge in [0.2, 0.25) is 5.91 Å². The van der Waals surface area contributed by atoms with Crippen LogP contribution >= 0.6 is 0 Å². The molecule has 116 valence electrons. The van der Waals surface area contributed by atoms with E-state index in [4.69, 9.17) is 5.73 Å². The number of nitrogens with two attached hydrogens (primary N) is 1. The predicted octanol–water partition coefficient (Wildman–Crippen LogP) is 1.35. The first-order chi connectivity index (χ1) is 9.99. The number of phenolic OH excluding ortho intramolecular Hbond substituents is 1. The van der Waals surface area contributed by atoms with Gasteiger partial charge in [-0.05, 0) is 31.0 Å². The Labute approximate surface area is 124 Å². The van der Waals surface area contributed by atoms with Crippen LogP contribution in [0.25, 0.3) is 0 Å². The lowest BCUT2D eigenvalue weighted by molar-refractivity contribution is -0.121. The van der Waals surface area contributed by atoms with E-state index in [0.29, 0.717) is 13.1 Å². The van der Waals surface area contributed by atoms with Crippen LogP contribution in [0.3, 0.4) is 0 Å². The van der Waals surface area contributed by atoms with Gasteiger partial charge in [0.15, 0.2) is 0 Å². The molecule has 1 rings (SSSR count). The molecule has 21 heavy (non-hydrogen) atoms. The molecule has 0 aliphatic carbocycles. The highest BCUT2D eigenvalue weighted by Crippen LogP contribution is 2.20. The zero-order valence-corrected chi connectivity index (χ0v) is 12.6. The maximum atomic E-state index is 12.5. The van der Waals surface area contributed by atoms with Gasteiger partial charge in [0.25, 0.3) is 5.91 Å². The number of nitrogen functional groups attached to an aromatic ring is 1. The Morgan fingerprint density at radius 1 is 1.29 bits per heavy atom. The number of nitrogens with zero attached hydrogens (tertiary/aromatic N) is 1. The Hall–Kier alpha value is -2.24. The van der Waals surface area contributed by atoms with Gasteiger partial charge in [-0.3, -0.25) is 9.59 Å². The first kappa shape index (κ1) is 16.8. The highest BCUT2D eigenvalue weighted by Gasteiger charge is 2.20.